The third-order valence-corrected chi connectivity index (χ3v) is 2.63. The van der Waals surface area contributed by atoms with Crippen molar-refractivity contribution in [3.8, 4) is 5.88 Å². The fourth-order valence-corrected chi connectivity index (χ4v) is 1.79. The first-order chi connectivity index (χ1) is 8.31. The van der Waals surface area contributed by atoms with Gasteiger partial charge in [-0.2, -0.15) is 4.98 Å². The molecule has 1 aromatic heterocycles. The second kappa shape index (κ2) is 5.67. The molecule has 0 bridgehead atoms. The predicted octanol–water partition coefficient (Wildman–Crippen LogP) is 1.05. The van der Waals surface area contributed by atoms with E-state index in [1.807, 2.05) is 6.92 Å². The molecular formula is C11H18N4O2. The fraction of sp³-hybridized carbons (Fsp3) is 0.636. The van der Waals surface area contributed by atoms with Crippen molar-refractivity contribution in [3.05, 3.63) is 6.33 Å². The summed E-state index contributed by atoms with van der Waals surface area (Å²) in [5.41, 5.74) is 6.39. The molecule has 1 aliphatic heterocycles. The number of nitrogens with two attached hydrogens (primary N) is 1. The summed E-state index contributed by atoms with van der Waals surface area (Å²) in [6, 6.07) is 0.260. The average molecular weight is 238 g/mol. The van der Waals surface area contributed by atoms with Gasteiger partial charge in [-0.25, -0.2) is 4.98 Å². The van der Waals surface area contributed by atoms with E-state index in [-0.39, 0.29) is 6.04 Å². The summed E-state index contributed by atoms with van der Waals surface area (Å²) in [4.78, 5) is 8.12. The first-order valence-corrected chi connectivity index (χ1v) is 5.88. The molecule has 2 rings (SSSR count). The van der Waals surface area contributed by atoms with Gasteiger partial charge in [-0.3, -0.25) is 0 Å². The van der Waals surface area contributed by atoms with Crippen molar-refractivity contribution in [2.45, 2.75) is 25.8 Å². The standard InChI is InChI=1S/C11H18N4O2/c1-2-17-11-9(12)10(13-7-14-11)15-8-4-3-5-16-6-8/h7-8H,2-6,12H2,1H3,(H,13,14,15). The van der Waals surface area contributed by atoms with Crippen LogP contribution < -0.4 is 15.8 Å². The van der Waals surface area contributed by atoms with Gasteiger partial charge >= 0.3 is 0 Å². The molecule has 1 saturated heterocycles. The summed E-state index contributed by atoms with van der Waals surface area (Å²) in [6.07, 6.45) is 3.57. The van der Waals surface area contributed by atoms with Gasteiger partial charge in [0.1, 0.15) is 12.0 Å². The molecule has 0 aromatic carbocycles. The lowest BCUT2D eigenvalue weighted by molar-refractivity contribution is 0.0875. The Morgan fingerprint density at radius 3 is 3.18 bits per heavy atom. The summed E-state index contributed by atoms with van der Waals surface area (Å²) in [5.74, 6) is 1.06. The maximum atomic E-state index is 5.93. The van der Waals surface area contributed by atoms with E-state index in [1.54, 1.807) is 0 Å². The molecule has 0 saturated carbocycles. The zero-order valence-corrected chi connectivity index (χ0v) is 9.98. The number of nitrogens with zero attached hydrogens (tertiary/aromatic N) is 2. The highest BCUT2D eigenvalue weighted by Crippen LogP contribution is 2.25. The van der Waals surface area contributed by atoms with Crippen LogP contribution in [0.2, 0.25) is 0 Å². The Balaban J connectivity index is 2.06. The first-order valence-electron chi connectivity index (χ1n) is 5.88. The summed E-state index contributed by atoms with van der Waals surface area (Å²) in [5, 5.41) is 3.27. The fourth-order valence-electron chi connectivity index (χ4n) is 1.79. The molecule has 94 valence electrons. The number of rotatable bonds is 4. The van der Waals surface area contributed by atoms with Gasteiger partial charge in [-0.05, 0) is 19.8 Å². The Morgan fingerprint density at radius 2 is 2.47 bits per heavy atom. The minimum absolute atomic E-state index is 0.260. The molecule has 17 heavy (non-hydrogen) atoms. The van der Waals surface area contributed by atoms with Gasteiger partial charge in [-0.15, -0.1) is 0 Å². The van der Waals surface area contributed by atoms with E-state index in [4.69, 9.17) is 15.2 Å². The number of hydrogen-bond donors (Lipinski definition) is 2. The lowest BCUT2D eigenvalue weighted by atomic mass is 10.1. The summed E-state index contributed by atoms with van der Waals surface area (Å²) >= 11 is 0. The first kappa shape index (κ1) is 11.9. The average Bonchev–Trinajstić information content (AvgIpc) is 2.36. The van der Waals surface area contributed by atoms with E-state index in [0.717, 1.165) is 19.4 Å². The normalized spacial score (nSPS) is 19.9. The van der Waals surface area contributed by atoms with Gasteiger partial charge in [-0.1, -0.05) is 0 Å². The highest BCUT2D eigenvalue weighted by molar-refractivity contribution is 5.66. The monoisotopic (exact) mass is 238 g/mol. The van der Waals surface area contributed by atoms with Crippen molar-refractivity contribution in [1.29, 1.82) is 0 Å². The van der Waals surface area contributed by atoms with Gasteiger partial charge in [0.05, 0.1) is 19.3 Å². The minimum atomic E-state index is 0.260. The maximum absolute atomic E-state index is 5.93. The zero-order chi connectivity index (χ0) is 12.1. The van der Waals surface area contributed by atoms with E-state index in [0.29, 0.717) is 30.6 Å². The second-order valence-corrected chi connectivity index (χ2v) is 3.93. The molecule has 0 aliphatic carbocycles. The topological polar surface area (TPSA) is 82.3 Å². The van der Waals surface area contributed by atoms with Crippen LogP contribution in [0.15, 0.2) is 6.33 Å². The lowest BCUT2D eigenvalue weighted by Gasteiger charge is -2.24. The minimum Gasteiger partial charge on any atom is -0.476 e. The van der Waals surface area contributed by atoms with Crippen LogP contribution in [0, 0.1) is 0 Å². The Kier molecular flexibility index (Phi) is 3.98. The van der Waals surface area contributed by atoms with Crippen molar-refractivity contribution in [1.82, 2.24) is 9.97 Å². The second-order valence-electron chi connectivity index (χ2n) is 3.93. The molecule has 1 aromatic rings. The molecule has 0 amide bonds. The molecule has 2 heterocycles. The quantitative estimate of drug-likeness (QED) is 0.815. The molecular weight excluding hydrogens is 220 g/mol. The lowest BCUT2D eigenvalue weighted by Crippen LogP contribution is -2.30. The zero-order valence-electron chi connectivity index (χ0n) is 9.98. The van der Waals surface area contributed by atoms with Crippen LogP contribution in [0.25, 0.3) is 0 Å². The number of hydrogen-bond acceptors (Lipinski definition) is 6. The highest BCUT2D eigenvalue weighted by atomic mass is 16.5. The number of ether oxygens (including phenoxy) is 2. The van der Waals surface area contributed by atoms with E-state index in [2.05, 4.69) is 15.3 Å². The smallest absolute Gasteiger partial charge is 0.242 e. The summed E-state index contributed by atoms with van der Waals surface area (Å²) in [7, 11) is 0. The van der Waals surface area contributed by atoms with Gasteiger partial charge in [0.25, 0.3) is 0 Å². The Hall–Kier alpha value is -1.56. The number of anilines is 2. The van der Waals surface area contributed by atoms with Crippen LogP contribution >= 0.6 is 0 Å². The molecule has 1 aliphatic rings. The van der Waals surface area contributed by atoms with E-state index in [1.165, 1.54) is 6.33 Å². The molecule has 0 radical (unpaired) electrons. The van der Waals surface area contributed by atoms with E-state index < -0.39 is 0 Å². The maximum Gasteiger partial charge on any atom is 0.242 e. The SMILES string of the molecule is CCOc1ncnc(NC2CCCOC2)c1N. The van der Waals surface area contributed by atoms with Crippen molar-refractivity contribution in [2.24, 2.45) is 0 Å². The molecule has 6 nitrogen and oxygen atoms in total. The largest absolute Gasteiger partial charge is 0.476 e. The predicted molar refractivity (Wildman–Crippen MR) is 65.1 cm³/mol. The Labute approximate surface area is 101 Å². The molecule has 1 atom stereocenters. The van der Waals surface area contributed by atoms with E-state index in [9.17, 15) is 0 Å². The van der Waals surface area contributed by atoms with Crippen LogP contribution in [-0.4, -0.2) is 35.8 Å². The molecule has 1 fully saturated rings. The summed E-state index contributed by atoms with van der Waals surface area (Å²) in [6.45, 7) is 3.95. The van der Waals surface area contributed by atoms with Gasteiger partial charge in [0, 0.05) is 6.61 Å². The Morgan fingerprint density at radius 1 is 1.59 bits per heavy atom. The van der Waals surface area contributed by atoms with Crippen molar-refractivity contribution in [2.75, 3.05) is 30.9 Å². The number of nitrogens with one attached hydrogen (secondary N) is 1. The van der Waals surface area contributed by atoms with E-state index >= 15 is 0 Å². The third kappa shape index (κ3) is 2.97. The molecule has 6 heteroatoms. The summed E-state index contributed by atoms with van der Waals surface area (Å²) < 4.78 is 10.7. The van der Waals surface area contributed by atoms with Gasteiger partial charge in [0.2, 0.25) is 5.88 Å². The van der Waals surface area contributed by atoms with Gasteiger partial charge < -0.3 is 20.5 Å². The molecule has 0 spiro atoms. The number of aromatic nitrogens is 2. The van der Waals surface area contributed by atoms with Crippen LogP contribution in [-0.2, 0) is 4.74 Å². The van der Waals surface area contributed by atoms with Crippen LogP contribution in [0.3, 0.4) is 0 Å². The van der Waals surface area contributed by atoms with Crippen molar-refractivity contribution in [3.63, 3.8) is 0 Å². The van der Waals surface area contributed by atoms with Crippen LogP contribution in [0.4, 0.5) is 11.5 Å². The number of nitrogen functional groups attached to an aromatic ring is 1. The molecule has 3 N–H and O–H groups in total. The Bertz CT molecular complexity index is 366. The highest BCUT2D eigenvalue weighted by Gasteiger charge is 2.16. The van der Waals surface area contributed by atoms with Crippen LogP contribution in [0.1, 0.15) is 19.8 Å². The van der Waals surface area contributed by atoms with Crippen molar-refractivity contribution < 1.29 is 9.47 Å². The van der Waals surface area contributed by atoms with Crippen LogP contribution in [0.5, 0.6) is 5.88 Å². The molecule has 1 unspecified atom stereocenters. The third-order valence-electron chi connectivity index (χ3n) is 2.63. The van der Waals surface area contributed by atoms with Crippen molar-refractivity contribution >= 4 is 11.5 Å². The van der Waals surface area contributed by atoms with Gasteiger partial charge in [0.15, 0.2) is 5.82 Å².